The highest BCUT2D eigenvalue weighted by Crippen LogP contribution is 2.27. The van der Waals surface area contributed by atoms with Gasteiger partial charge in [0.2, 0.25) is 0 Å². The van der Waals surface area contributed by atoms with Crippen molar-refractivity contribution in [2.45, 2.75) is 31.8 Å². The zero-order valence-corrected chi connectivity index (χ0v) is 16.9. The predicted molar refractivity (Wildman–Crippen MR) is 112 cm³/mol. The lowest BCUT2D eigenvalue weighted by Crippen LogP contribution is -2.45. The molecule has 0 aliphatic carbocycles. The molecule has 0 unspecified atom stereocenters. The molecule has 1 fully saturated rings. The molecule has 2 aromatic rings. The fraction of sp³-hybridized carbons (Fsp3) is 0.409. The number of piperidine rings is 1. The van der Waals surface area contributed by atoms with E-state index in [0.29, 0.717) is 17.6 Å². The number of benzene rings is 2. The Bertz CT molecular complexity index is 791. The minimum Gasteiger partial charge on any atom is -0.497 e. The first-order valence-electron chi connectivity index (χ1n) is 9.64. The summed E-state index contributed by atoms with van der Waals surface area (Å²) in [5, 5.41) is 9.85. The molecule has 5 nitrogen and oxygen atoms in total. The Morgan fingerprint density at radius 2 is 1.96 bits per heavy atom. The molecule has 0 aromatic heterocycles. The van der Waals surface area contributed by atoms with Crippen LogP contribution < -0.4 is 9.64 Å². The second-order valence-corrected chi connectivity index (χ2v) is 7.60. The summed E-state index contributed by atoms with van der Waals surface area (Å²) >= 11 is 6.12. The van der Waals surface area contributed by atoms with Gasteiger partial charge in [0.15, 0.2) is 0 Å². The Hall–Kier alpha value is -2.24. The van der Waals surface area contributed by atoms with Crippen molar-refractivity contribution in [2.75, 3.05) is 31.6 Å². The van der Waals surface area contributed by atoms with Crippen LogP contribution in [0.4, 0.5) is 5.69 Å². The number of halogens is 1. The van der Waals surface area contributed by atoms with Crippen LogP contribution in [0.5, 0.6) is 5.75 Å². The Balaban J connectivity index is 1.65. The molecular formula is C22H27ClN2O3. The molecule has 0 spiro atoms. The third kappa shape index (κ3) is 5.63. The maximum Gasteiger partial charge on any atom is 0.304 e. The van der Waals surface area contributed by atoms with Gasteiger partial charge < -0.3 is 14.7 Å². The van der Waals surface area contributed by atoms with Crippen LogP contribution in [-0.4, -0.2) is 48.8 Å². The molecule has 0 radical (unpaired) electrons. The topological polar surface area (TPSA) is 53.0 Å². The van der Waals surface area contributed by atoms with Crippen LogP contribution in [0.2, 0.25) is 5.02 Å². The van der Waals surface area contributed by atoms with Crippen molar-refractivity contribution >= 4 is 23.3 Å². The van der Waals surface area contributed by atoms with E-state index in [1.807, 2.05) is 36.4 Å². The van der Waals surface area contributed by atoms with Gasteiger partial charge in [-0.15, -0.1) is 0 Å². The minimum atomic E-state index is -0.759. The van der Waals surface area contributed by atoms with Crippen LogP contribution in [0.15, 0.2) is 48.5 Å². The minimum absolute atomic E-state index is 0.149. The van der Waals surface area contributed by atoms with E-state index in [4.69, 9.17) is 21.4 Å². The molecule has 28 heavy (non-hydrogen) atoms. The van der Waals surface area contributed by atoms with Gasteiger partial charge in [0.25, 0.3) is 0 Å². The van der Waals surface area contributed by atoms with Gasteiger partial charge in [0, 0.05) is 49.0 Å². The predicted octanol–water partition coefficient (Wildman–Crippen LogP) is 4.29. The molecule has 150 valence electrons. The van der Waals surface area contributed by atoms with Gasteiger partial charge >= 0.3 is 5.97 Å². The molecule has 2 aromatic carbocycles. The first-order chi connectivity index (χ1) is 13.5. The van der Waals surface area contributed by atoms with E-state index in [9.17, 15) is 4.79 Å². The number of nitrogens with zero attached hydrogens (tertiary/aromatic N) is 2. The van der Waals surface area contributed by atoms with E-state index in [0.717, 1.165) is 43.8 Å². The summed E-state index contributed by atoms with van der Waals surface area (Å²) in [5.74, 6) is 0.105. The van der Waals surface area contributed by atoms with Gasteiger partial charge in [-0.2, -0.15) is 0 Å². The lowest BCUT2D eigenvalue weighted by molar-refractivity contribution is -0.137. The zero-order valence-electron chi connectivity index (χ0n) is 16.2. The molecule has 1 heterocycles. The normalized spacial score (nSPS) is 15.0. The van der Waals surface area contributed by atoms with Crippen LogP contribution in [0.3, 0.4) is 0 Å². The first-order valence-corrected chi connectivity index (χ1v) is 10.0. The average molecular weight is 403 g/mol. The van der Waals surface area contributed by atoms with E-state index < -0.39 is 5.97 Å². The van der Waals surface area contributed by atoms with Gasteiger partial charge in [-0.05, 0) is 42.7 Å². The monoisotopic (exact) mass is 402 g/mol. The number of ether oxygens (including phenoxy) is 1. The van der Waals surface area contributed by atoms with Gasteiger partial charge in [-0.25, -0.2) is 0 Å². The van der Waals surface area contributed by atoms with Gasteiger partial charge in [0.1, 0.15) is 5.75 Å². The summed E-state index contributed by atoms with van der Waals surface area (Å²) in [6.07, 6.45) is 2.14. The standard InChI is InChI=1S/C22H27ClN2O3/c1-28-21-7-3-6-20(15-21)24-11-8-19(9-12-24)25(13-10-22(26)27)16-17-4-2-5-18(23)14-17/h2-7,14-15,19H,8-13,16H2,1H3,(H,26,27). The molecule has 0 bridgehead atoms. The number of methoxy groups -OCH3 is 1. The van der Waals surface area contributed by atoms with Crippen molar-refractivity contribution in [3.63, 3.8) is 0 Å². The van der Waals surface area contributed by atoms with E-state index in [2.05, 4.69) is 21.9 Å². The summed E-state index contributed by atoms with van der Waals surface area (Å²) in [5.41, 5.74) is 2.29. The summed E-state index contributed by atoms with van der Waals surface area (Å²) in [6, 6.07) is 16.3. The molecule has 6 heteroatoms. The van der Waals surface area contributed by atoms with Crippen molar-refractivity contribution in [2.24, 2.45) is 0 Å². The maximum atomic E-state index is 11.1. The summed E-state index contributed by atoms with van der Waals surface area (Å²) in [7, 11) is 1.68. The number of hydrogen-bond donors (Lipinski definition) is 1. The molecule has 1 N–H and O–H groups in total. The van der Waals surface area contributed by atoms with Crippen LogP contribution >= 0.6 is 11.6 Å². The molecule has 0 amide bonds. The Morgan fingerprint density at radius 3 is 2.64 bits per heavy atom. The van der Waals surface area contributed by atoms with Gasteiger partial charge in [-0.1, -0.05) is 29.8 Å². The molecule has 1 aliphatic rings. The fourth-order valence-electron chi connectivity index (χ4n) is 3.80. The van der Waals surface area contributed by atoms with Crippen molar-refractivity contribution in [3.8, 4) is 5.75 Å². The Labute approximate surface area is 171 Å². The molecule has 0 saturated carbocycles. The number of carboxylic acid groups (broad SMARTS) is 1. The zero-order chi connectivity index (χ0) is 19.9. The van der Waals surface area contributed by atoms with Crippen LogP contribution in [0.1, 0.15) is 24.8 Å². The quantitative estimate of drug-likeness (QED) is 0.713. The van der Waals surface area contributed by atoms with E-state index in [1.54, 1.807) is 7.11 Å². The molecule has 1 aliphatic heterocycles. The summed E-state index contributed by atoms with van der Waals surface area (Å²) in [6.45, 7) is 3.15. The summed E-state index contributed by atoms with van der Waals surface area (Å²) in [4.78, 5) is 15.8. The molecular weight excluding hydrogens is 376 g/mol. The third-order valence-corrected chi connectivity index (χ3v) is 5.52. The number of carbonyl (C=O) groups is 1. The fourth-order valence-corrected chi connectivity index (χ4v) is 4.01. The maximum absolute atomic E-state index is 11.1. The SMILES string of the molecule is COc1cccc(N2CCC(N(CCC(=O)O)Cc3cccc(Cl)c3)CC2)c1. The van der Waals surface area contributed by atoms with E-state index >= 15 is 0 Å². The largest absolute Gasteiger partial charge is 0.497 e. The summed E-state index contributed by atoms with van der Waals surface area (Å²) < 4.78 is 5.33. The molecule has 1 saturated heterocycles. The number of rotatable bonds is 8. The number of hydrogen-bond acceptors (Lipinski definition) is 4. The second-order valence-electron chi connectivity index (χ2n) is 7.16. The number of anilines is 1. The highest BCUT2D eigenvalue weighted by Gasteiger charge is 2.25. The van der Waals surface area contributed by atoms with Crippen LogP contribution in [0.25, 0.3) is 0 Å². The Morgan fingerprint density at radius 1 is 1.21 bits per heavy atom. The molecule has 3 rings (SSSR count). The van der Waals surface area contributed by atoms with Gasteiger partial charge in [-0.3, -0.25) is 9.69 Å². The van der Waals surface area contributed by atoms with Gasteiger partial charge in [0.05, 0.1) is 13.5 Å². The van der Waals surface area contributed by atoms with Crippen LogP contribution in [-0.2, 0) is 11.3 Å². The highest BCUT2D eigenvalue weighted by molar-refractivity contribution is 6.30. The van der Waals surface area contributed by atoms with E-state index in [-0.39, 0.29) is 6.42 Å². The Kier molecular flexibility index (Phi) is 7.18. The number of carboxylic acids is 1. The van der Waals surface area contributed by atoms with Crippen molar-refractivity contribution in [1.82, 2.24) is 4.90 Å². The first kappa shape index (κ1) is 20.5. The smallest absolute Gasteiger partial charge is 0.304 e. The molecule has 0 atom stereocenters. The lowest BCUT2D eigenvalue weighted by atomic mass is 10.0. The highest BCUT2D eigenvalue weighted by atomic mass is 35.5. The van der Waals surface area contributed by atoms with Crippen molar-refractivity contribution < 1.29 is 14.6 Å². The second kappa shape index (κ2) is 9.80. The lowest BCUT2D eigenvalue weighted by Gasteiger charge is -2.39. The third-order valence-electron chi connectivity index (χ3n) is 5.29. The number of aliphatic carboxylic acids is 1. The van der Waals surface area contributed by atoms with E-state index in [1.165, 1.54) is 5.69 Å². The van der Waals surface area contributed by atoms with Crippen molar-refractivity contribution in [3.05, 3.63) is 59.1 Å². The average Bonchev–Trinajstić information content (AvgIpc) is 2.71. The van der Waals surface area contributed by atoms with Crippen molar-refractivity contribution in [1.29, 1.82) is 0 Å². The van der Waals surface area contributed by atoms with Crippen LogP contribution in [0, 0.1) is 0 Å².